The Hall–Kier alpha value is -2.45. The van der Waals surface area contributed by atoms with E-state index in [4.69, 9.17) is 9.47 Å². The number of likely N-dealkylation sites (N-methyl/N-ethyl adjacent to an activating group) is 1. The van der Waals surface area contributed by atoms with E-state index in [0.29, 0.717) is 17.3 Å². The Morgan fingerprint density at radius 1 is 1.05 bits per heavy atom. The lowest BCUT2D eigenvalue weighted by Gasteiger charge is -2.21. The largest absolute Gasteiger partial charge is 0.493 e. The molecule has 8 heteroatoms. The third kappa shape index (κ3) is 19.6. The second kappa shape index (κ2) is 25.5. The van der Waals surface area contributed by atoms with Gasteiger partial charge in [0.15, 0.2) is 17.8 Å². The van der Waals surface area contributed by atoms with Gasteiger partial charge in [0.2, 0.25) is 0 Å². The summed E-state index contributed by atoms with van der Waals surface area (Å²) in [4.78, 5) is 17.8. The van der Waals surface area contributed by atoms with Crippen molar-refractivity contribution in [2.24, 2.45) is 0 Å². The van der Waals surface area contributed by atoms with Gasteiger partial charge in [-0.15, -0.1) is 11.8 Å². The molecule has 6 nitrogen and oxygen atoms in total. The maximum Gasteiger partial charge on any atom is 0.162 e. The number of thioether (sulfide) groups is 1. The summed E-state index contributed by atoms with van der Waals surface area (Å²) in [5.41, 5.74) is 2.16. The van der Waals surface area contributed by atoms with Crippen molar-refractivity contribution in [3.05, 3.63) is 53.1 Å². The summed E-state index contributed by atoms with van der Waals surface area (Å²) in [6.45, 7) is 15.5. The number of rotatable bonds is 17. The number of hydrogen-bond acceptors (Lipinski definition) is 7. The Bertz CT molecular complexity index is 873. The van der Waals surface area contributed by atoms with Crippen molar-refractivity contribution in [3.63, 3.8) is 0 Å². The summed E-state index contributed by atoms with van der Waals surface area (Å²) in [6.07, 6.45) is 9.13. The number of ether oxygens (including phenoxy) is 2. The maximum atomic E-state index is 12.6. The molecule has 0 amide bonds. The van der Waals surface area contributed by atoms with Crippen LogP contribution < -0.4 is 14.4 Å². The lowest BCUT2D eigenvalue weighted by molar-refractivity contribution is -0.104. The van der Waals surface area contributed by atoms with Gasteiger partial charge in [-0.3, -0.25) is 4.79 Å². The molecule has 0 heterocycles. The number of nitrogens with zero attached hydrogens (tertiary/aromatic N) is 3. The zero-order valence-electron chi connectivity index (χ0n) is 27.0. The van der Waals surface area contributed by atoms with Gasteiger partial charge in [0.1, 0.15) is 12.8 Å². The van der Waals surface area contributed by atoms with Gasteiger partial charge in [0.05, 0.1) is 12.0 Å². The topological polar surface area (TPSA) is 45.2 Å². The minimum atomic E-state index is -0.946. The molecule has 1 unspecified atom stereocenters. The Kier molecular flexibility index (Phi) is 25.3. The van der Waals surface area contributed by atoms with Crippen molar-refractivity contribution >= 4 is 23.7 Å². The fourth-order valence-electron chi connectivity index (χ4n) is 3.29. The Morgan fingerprint density at radius 2 is 1.70 bits per heavy atom. The van der Waals surface area contributed by atoms with Crippen LogP contribution in [0.15, 0.2) is 53.1 Å². The van der Waals surface area contributed by atoms with E-state index in [1.165, 1.54) is 24.8 Å². The van der Waals surface area contributed by atoms with Crippen LogP contribution in [0.5, 0.6) is 11.5 Å². The van der Waals surface area contributed by atoms with Crippen molar-refractivity contribution in [1.29, 1.82) is 0 Å². The van der Waals surface area contributed by atoms with Gasteiger partial charge < -0.3 is 24.2 Å². The monoisotopic (exact) mass is 581 g/mol. The summed E-state index contributed by atoms with van der Waals surface area (Å²) < 4.78 is 23.9. The summed E-state index contributed by atoms with van der Waals surface area (Å²) in [5.74, 6) is 2.28. The molecule has 0 fully saturated rings. The normalized spacial score (nSPS) is 12.2. The SMILES string of the molecule is C/C=C(\C=C/C(C)F)CS/C(C=O)=C\N(C)C.CC.CCCN(C)CCOc1ccc(N(C)CCC)cc1OC. The van der Waals surface area contributed by atoms with Gasteiger partial charge in [-0.05, 0) is 58.0 Å². The highest BCUT2D eigenvalue weighted by Gasteiger charge is 2.09. The van der Waals surface area contributed by atoms with Crippen LogP contribution in [-0.4, -0.2) is 89.6 Å². The Balaban J connectivity index is 0. The van der Waals surface area contributed by atoms with E-state index in [-0.39, 0.29) is 0 Å². The van der Waals surface area contributed by atoms with Crippen LogP contribution >= 0.6 is 11.8 Å². The average molecular weight is 582 g/mol. The van der Waals surface area contributed by atoms with Crippen LogP contribution in [0.4, 0.5) is 10.1 Å². The van der Waals surface area contributed by atoms with E-state index >= 15 is 0 Å². The van der Waals surface area contributed by atoms with Gasteiger partial charge in [-0.25, -0.2) is 4.39 Å². The molecule has 0 radical (unpaired) electrons. The molecule has 1 aromatic carbocycles. The van der Waals surface area contributed by atoms with E-state index in [2.05, 4.69) is 43.8 Å². The van der Waals surface area contributed by atoms with Crippen molar-refractivity contribution in [1.82, 2.24) is 9.80 Å². The molecule has 0 N–H and O–H groups in total. The van der Waals surface area contributed by atoms with Gasteiger partial charge >= 0.3 is 0 Å². The maximum absolute atomic E-state index is 12.6. The summed E-state index contributed by atoms with van der Waals surface area (Å²) >= 11 is 1.44. The molecule has 1 atom stereocenters. The number of carbonyl (C=O) groups is 1. The number of benzene rings is 1. The van der Waals surface area contributed by atoms with Crippen LogP contribution in [-0.2, 0) is 4.79 Å². The highest BCUT2D eigenvalue weighted by Crippen LogP contribution is 2.31. The molecule has 230 valence electrons. The number of allylic oxidation sites excluding steroid dienone is 4. The quantitative estimate of drug-likeness (QED) is 0.107. The number of halogens is 1. The lowest BCUT2D eigenvalue weighted by Crippen LogP contribution is -2.25. The van der Waals surface area contributed by atoms with E-state index in [0.717, 1.165) is 61.5 Å². The molecule has 1 aromatic rings. The number of aldehydes is 1. The van der Waals surface area contributed by atoms with Crippen molar-refractivity contribution in [3.8, 4) is 11.5 Å². The van der Waals surface area contributed by atoms with Crippen molar-refractivity contribution in [2.75, 3.05) is 72.2 Å². The smallest absolute Gasteiger partial charge is 0.162 e. The second-order valence-corrected chi connectivity index (χ2v) is 10.3. The molecule has 1 rings (SSSR count). The van der Waals surface area contributed by atoms with Gasteiger partial charge in [0.25, 0.3) is 0 Å². The molecule has 0 aromatic heterocycles. The molecule has 40 heavy (non-hydrogen) atoms. The molecule has 0 aliphatic carbocycles. The average Bonchev–Trinajstić information content (AvgIpc) is 2.93. The van der Waals surface area contributed by atoms with Crippen LogP contribution in [0, 0.1) is 0 Å². The molecule has 0 aliphatic heterocycles. The molecule has 0 aliphatic rings. The third-order valence-corrected chi connectivity index (χ3v) is 6.35. The predicted octanol–water partition coefficient (Wildman–Crippen LogP) is 7.47. The first kappa shape index (κ1) is 39.7. The van der Waals surface area contributed by atoms with Gasteiger partial charge in [-0.1, -0.05) is 45.9 Å². The molecule has 0 saturated heterocycles. The minimum absolute atomic E-state index is 0.663. The standard InChI is InChI=1S/C17H30N2O2.C13H20FNOS.C2H6/c1-6-10-18(3)12-13-21-16-9-8-15(14-17(16)20-5)19(4)11-7-2;1-5-12(7-6-11(2)14)10-17-13(9-16)8-15(3)4;1-2/h8-9,14H,6-7,10-13H2,1-5H3;5-9,11H,10H2,1-4H3;1-2H3/b;7-6-,12-5+,13-8-;. The number of anilines is 1. The van der Waals surface area contributed by atoms with E-state index in [9.17, 15) is 9.18 Å². The summed E-state index contributed by atoms with van der Waals surface area (Å²) in [6, 6.07) is 6.13. The van der Waals surface area contributed by atoms with Crippen molar-refractivity contribution in [2.45, 2.75) is 60.6 Å². The van der Waals surface area contributed by atoms with E-state index in [1.807, 2.05) is 58.0 Å². The minimum Gasteiger partial charge on any atom is -0.493 e. The number of carbonyl (C=O) groups excluding carboxylic acids is 1. The first-order chi connectivity index (χ1) is 19.1. The molecular formula is C32H56FN3O3S. The molecule has 0 bridgehead atoms. The van der Waals surface area contributed by atoms with Crippen molar-refractivity contribution < 1.29 is 18.7 Å². The van der Waals surface area contributed by atoms with Crippen LogP contribution in [0.1, 0.15) is 54.4 Å². The first-order valence-corrected chi connectivity index (χ1v) is 15.2. The van der Waals surface area contributed by atoms with Gasteiger partial charge in [0, 0.05) is 57.9 Å². The predicted molar refractivity (Wildman–Crippen MR) is 175 cm³/mol. The second-order valence-electron chi connectivity index (χ2n) is 9.21. The van der Waals surface area contributed by atoms with E-state index < -0.39 is 6.17 Å². The van der Waals surface area contributed by atoms with Crippen LogP contribution in [0.2, 0.25) is 0 Å². The van der Waals surface area contributed by atoms with E-state index in [1.54, 1.807) is 19.4 Å². The number of hydrogen-bond donors (Lipinski definition) is 0. The number of methoxy groups -OCH3 is 1. The highest BCUT2D eigenvalue weighted by molar-refractivity contribution is 8.04. The fourth-order valence-corrected chi connectivity index (χ4v) is 4.24. The Labute approximate surface area is 249 Å². The first-order valence-electron chi connectivity index (χ1n) is 14.3. The zero-order valence-corrected chi connectivity index (χ0v) is 27.8. The number of alkyl halides is 1. The van der Waals surface area contributed by atoms with Crippen LogP contribution in [0.25, 0.3) is 0 Å². The summed E-state index contributed by atoms with van der Waals surface area (Å²) in [5, 5.41) is 0. The molecule has 0 spiro atoms. The fraction of sp³-hybridized carbons (Fsp3) is 0.594. The van der Waals surface area contributed by atoms with Gasteiger partial charge in [-0.2, -0.15) is 0 Å². The third-order valence-electron chi connectivity index (χ3n) is 5.34. The molecule has 0 saturated carbocycles. The lowest BCUT2D eigenvalue weighted by atomic mass is 10.2. The summed E-state index contributed by atoms with van der Waals surface area (Å²) in [7, 11) is 9.64. The Morgan fingerprint density at radius 3 is 2.20 bits per heavy atom. The molecular weight excluding hydrogens is 525 g/mol. The zero-order chi connectivity index (χ0) is 30.9. The highest BCUT2D eigenvalue weighted by atomic mass is 32.2. The van der Waals surface area contributed by atoms with Crippen LogP contribution in [0.3, 0.4) is 0 Å².